The Kier molecular flexibility index (Phi) is 1.98. The third kappa shape index (κ3) is 1.53. The van der Waals surface area contributed by atoms with Gasteiger partial charge in [-0.15, -0.1) is 0 Å². The van der Waals surface area contributed by atoms with Gasteiger partial charge in [-0.1, -0.05) is 0 Å². The second-order valence-corrected chi connectivity index (χ2v) is 3.68. The number of hydrogen-bond acceptors (Lipinski definition) is 2. The van der Waals surface area contributed by atoms with Gasteiger partial charge in [-0.25, -0.2) is 0 Å². The molecule has 4 heteroatoms. The Bertz CT molecular complexity index is 248. The van der Waals surface area contributed by atoms with Crippen LogP contribution in [0.5, 0.6) is 0 Å². The lowest BCUT2D eigenvalue weighted by Gasteiger charge is -2.21. The Hall–Kier alpha value is -1.06. The molecule has 0 bridgehead atoms. The van der Waals surface area contributed by atoms with Crippen LogP contribution >= 0.6 is 0 Å². The molecule has 0 spiro atoms. The third-order valence-corrected chi connectivity index (χ3v) is 2.60. The first kappa shape index (κ1) is 8.53. The average molecular weight is 181 g/mol. The molecule has 1 atom stereocenters. The van der Waals surface area contributed by atoms with Crippen molar-refractivity contribution in [3.05, 3.63) is 6.42 Å². The van der Waals surface area contributed by atoms with Crippen LogP contribution in [0.1, 0.15) is 19.3 Å². The summed E-state index contributed by atoms with van der Waals surface area (Å²) >= 11 is 0. The highest BCUT2D eigenvalue weighted by molar-refractivity contribution is 5.90. The summed E-state index contributed by atoms with van der Waals surface area (Å²) in [6, 6.07) is -0.451. The van der Waals surface area contributed by atoms with Crippen LogP contribution in [0.3, 0.4) is 0 Å². The van der Waals surface area contributed by atoms with Crippen molar-refractivity contribution in [1.29, 1.82) is 0 Å². The summed E-state index contributed by atoms with van der Waals surface area (Å²) in [6.07, 6.45) is 4.55. The zero-order valence-corrected chi connectivity index (χ0v) is 7.40. The number of likely N-dealkylation sites (tertiary alicyclic amines) is 1. The van der Waals surface area contributed by atoms with Gasteiger partial charge in [0.25, 0.3) is 0 Å². The fourth-order valence-corrected chi connectivity index (χ4v) is 1.72. The monoisotopic (exact) mass is 181 g/mol. The van der Waals surface area contributed by atoms with Crippen LogP contribution in [0.2, 0.25) is 0 Å². The third-order valence-electron chi connectivity index (χ3n) is 2.60. The Morgan fingerprint density at radius 1 is 1.38 bits per heavy atom. The van der Waals surface area contributed by atoms with Crippen LogP contribution in [-0.4, -0.2) is 29.3 Å². The summed E-state index contributed by atoms with van der Waals surface area (Å²) in [4.78, 5) is 24.2. The molecule has 1 saturated carbocycles. The first-order valence-corrected chi connectivity index (χ1v) is 4.63. The Morgan fingerprint density at radius 3 is 2.62 bits per heavy atom. The molecule has 0 unspecified atom stereocenters. The van der Waals surface area contributed by atoms with Crippen LogP contribution in [0.4, 0.5) is 0 Å². The van der Waals surface area contributed by atoms with Crippen LogP contribution in [0, 0.1) is 12.3 Å². The second kappa shape index (κ2) is 3.01. The van der Waals surface area contributed by atoms with Crippen molar-refractivity contribution in [3.8, 4) is 0 Å². The molecule has 0 aromatic heterocycles. The highest BCUT2D eigenvalue weighted by Crippen LogP contribution is 2.33. The van der Waals surface area contributed by atoms with Crippen LogP contribution in [0.25, 0.3) is 0 Å². The molecule has 2 rings (SSSR count). The zero-order chi connectivity index (χ0) is 9.42. The van der Waals surface area contributed by atoms with Crippen molar-refractivity contribution in [2.24, 2.45) is 11.7 Å². The molecule has 1 aliphatic carbocycles. The normalized spacial score (nSPS) is 27.7. The predicted molar refractivity (Wildman–Crippen MR) is 46.3 cm³/mol. The number of carbonyl (C=O) groups is 2. The molecule has 0 aromatic carbocycles. The molecule has 71 valence electrons. The molecule has 2 amide bonds. The van der Waals surface area contributed by atoms with Gasteiger partial charge in [-0.3, -0.25) is 9.59 Å². The van der Waals surface area contributed by atoms with Gasteiger partial charge in [0, 0.05) is 12.5 Å². The van der Waals surface area contributed by atoms with Gasteiger partial charge >= 0.3 is 0 Å². The first-order chi connectivity index (χ1) is 6.20. The SMILES string of the molecule is NC(=O)[C@H]1[CH]CCN1C(=O)C1CC1. The summed E-state index contributed by atoms with van der Waals surface area (Å²) in [5, 5.41) is 0. The first-order valence-electron chi connectivity index (χ1n) is 4.63. The van der Waals surface area contributed by atoms with E-state index >= 15 is 0 Å². The topological polar surface area (TPSA) is 63.4 Å². The van der Waals surface area contributed by atoms with E-state index in [4.69, 9.17) is 5.73 Å². The van der Waals surface area contributed by atoms with E-state index < -0.39 is 11.9 Å². The maximum absolute atomic E-state index is 11.6. The Balaban J connectivity index is 2.03. The van der Waals surface area contributed by atoms with Gasteiger partial charge in [0.05, 0.1) is 0 Å². The van der Waals surface area contributed by atoms with Gasteiger partial charge in [-0.05, 0) is 25.7 Å². The number of nitrogens with zero attached hydrogens (tertiary/aromatic N) is 1. The van der Waals surface area contributed by atoms with Crippen LogP contribution in [0.15, 0.2) is 0 Å². The van der Waals surface area contributed by atoms with Crippen molar-refractivity contribution in [1.82, 2.24) is 4.90 Å². The van der Waals surface area contributed by atoms with E-state index in [2.05, 4.69) is 0 Å². The Labute approximate surface area is 77.1 Å². The minimum absolute atomic E-state index is 0.109. The summed E-state index contributed by atoms with van der Waals surface area (Å²) in [5.74, 6) is -0.127. The molecule has 0 aromatic rings. The number of hydrogen-bond donors (Lipinski definition) is 1. The lowest BCUT2D eigenvalue weighted by molar-refractivity contribution is -0.137. The molecule has 1 heterocycles. The van der Waals surface area contributed by atoms with E-state index in [1.807, 2.05) is 6.42 Å². The number of nitrogens with two attached hydrogens (primary N) is 1. The van der Waals surface area contributed by atoms with Crippen molar-refractivity contribution in [2.75, 3.05) is 6.54 Å². The molecule has 1 aliphatic heterocycles. The fraction of sp³-hybridized carbons (Fsp3) is 0.667. The maximum atomic E-state index is 11.6. The lowest BCUT2D eigenvalue weighted by Crippen LogP contribution is -2.44. The smallest absolute Gasteiger partial charge is 0.240 e. The average Bonchev–Trinajstić information content (AvgIpc) is 2.80. The minimum Gasteiger partial charge on any atom is -0.368 e. The van der Waals surface area contributed by atoms with Crippen molar-refractivity contribution in [3.63, 3.8) is 0 Å². The fourth-order valence-electron chi connectivity index (χ4n) is 1.72. The van der Waals surface area contributed by atoms with E-state index in [0.717, 1.165) is 19.3 Å². The number of amides is 2. The van der Waals surface area contributed by atoms with Gasteiger partial charge in [-0.2, -0.15) is 0 Å². The molecule has 13 heavy (non-hydrogen) atoms. The quantitative estimate of drug-likeness (QED) is 0.635. The van der Waals surface area contributed by atoms with E-state index in [9.17, 15) is 9.59 Å². The van der Waals surface area contributed by atoms with E-state index in [1.54, 1.807) is 4.90 Å². The lowest BCUT2D eigenvalue weighted by atomic mass is 10.2. The molecule has 1 saturated heterocycles. The molecule has 4 nitrogen and oxygen atoms in total. The summed E-state index contributed by atoms with van der Waals surface area (Å²) in [5.41, 5.74) is 5.18. The number of rotatable bonds is 2. The highest BCUT2D eigenvalue weighted by atomic mass is 16.2. The summed E-state index contributed by atoms with van der Waals surface area (Å²) in [7, 11) is 0. The molecular formula is C9H13N2O2. The molecule has 2 aliphatic rings. The van der Waals surface area contributed by atoms with Gasteiger partial charge < -0.3 is 10.6 Å². The summed E-state index contributed by atoms with van der Waals surface area (Å²) in [6.45, 7) is 0.656. The molecular weight excluding hydrogens is 168 g/mol. The van der Waals surface area contributed by atoms with Gasteiger partial charge in [0.2, 0.25) is 11.8 Å². The zero-order valence-electron chi connectivity index (χ0n) is 7.40. The highest BCUT2D eigenvalue weighted by Gasteiger charge is 2.40. The predicted octanol–water partition coefficient (Wildman–Crippen LogP) is -0.313. The van der Waals surface area contributed by atoms with Gasteiger partial charge in [0.1, 0.15) is 6.04 Å². The number of primary amides is 1. The van der Waals surface area contributed by atoms with Crippen molar-refractivity contribution in [2.45, 2.75) is 25.3 Å². The minimum atomic E-state index is -0.451. The molecule has 1 radical (unpaired) electrons. The largest absolute Gasteiger partial charge is 0.368 e. The molecule has 2 N–H and O–H groups in total. The van der Waals surface area contributed by atoms with Crippen LogP contribution < -0.4 is 5.73 Å². The standard InChI is InChI=1S/C9H13N2O2/c10-8(12)7-2-1-5-11(7)9(13)6-3-4-6/h2,6-7H,1,3-5H2,(H2,10,12)/t7-/m1/s1. The summed E-state index contributed by atoms with van der Waals surface area (Å²) < 4.78 is 0. The van der Waals surface area contributed by atoms with Crippen LogP contribution in [-0.2, 0) is 9.59 Å². The van der Waals surface area contributed by atoms with E-state index in [0.29, 0.717) is 6.54 Å². The van der Waals surface area contributed by atoms with E-state index in [-0.39, 0.29) is 11.8 Å². The van der Waals surface area contributed by atoms with Gasteiger partial charge in [0.15, 0.2) is 0 Å². The van der Waals surface area contributed by atoms with E-state index in [1.165, 1.54) is 0 Å². The van der Waals surface area contributed by atoms with Crippen molar-refractivity contribution >= 4 is 11.8 Å². The van der Waals surface area contributed by atoms with Crippen molar-refractivity contribution < 1.29 is 9.59 Å². The second-order valence-electron chi connectivity index (χ2n) is 3.68. The molecule has 2 fully saturated rings. The maximum Gasteiger partial charge on any atom is 0.240 e. The number of carbonyl (C=O) groups excluding carboxylic acids is 2. The Morgan fingerprint density at radius 2 is 2.08 bits per heavy atom.